The van der Waals surface area contributed by atoms with Gasteiger partial charge in [-0.2, -0.15) is 0 Å². The fourth-order valence-corrected chi connectivity index (χ4v) is 3.99. The Morgan fingerprint density at radius 2 is 0.976 bits per heavy atom. The number of carbonyl (C=O) groups is 4. The molecule has 2 amide bonds. The highest BCUT2D eigenvalue weighted by Gasteiger charge is 2.39. The Morgan fingerprint density at radius 3 is 1.36 bits per heavy atom. The molecule has 0 radical (unpaired) electrons. The van der Waals surface area contributed by atoms with E-state index >= 15 is 13.2 Å². The van der Waals surface area contributed by atoms with Crippen LogP contribution >= 0.6 is 11.6 Å². The highest BCUT2D eigenvalue weighted by molar-refractivity contribution is 6.31. The van der Waals surface area contributed by atoms with Crippen molar-refractivity contribution in [1.82, 2.24) is 5.32 Å². The van der Waals surface area contributed by atoms with E-state index in [4.69, 9.17) is 16.7 Å². The highest BCUT2D eigenvalue weighted by Crippen LogP contribution is 2.40. The lowest BCUT2D eigenvalue weighted by Gasteiger charge is -2.18. The normalized spacial score (nSPS) is 11.0. The molecule has 0 aliphatic carbocycles. The van der Waals surface area contributed by atoms with Gasteiger partial charge >= 0.3 is 11.9 Å². The molecule has 0 aliphatic rings. The molecular weight excluding hydrogens is 619 g/mol. The number of anilines is 1. The van der Waals surface area contributed by atoms with E-state index in [9.17, 15) is 50.6 Å². The Balaban J connectivity index is 2.49. The van der Waals surface area contributed by atoms with E-state index in [1.54, 1.807) is 5.32 Å². The fourth-order valence-electron chi connectivity index (χ4n) is 3.75. The van der Waals surface area contributed by atoms with E-state index in [-0.39, 0.29) is 0 Å². The molecule has 0 heterocycles. The van der Waals surface area contributed by atoms with Crippen molar-refractivity contribution in [3.63, 3.8) is 0 Å². The van der Waals surface area contributed by atoms with Crippen LogP contribution in [0.25, 0.3) is 11.1 Å². The molecule has 8 nitrogen and oxygen atoms in total. The summed E-state index contributed by atoms with van der Waals surface area (Å²) in [6, 6.07) is 0. The zero-order valence-corrected chi connectivity index (χ0v) is 21.1. The maximum Gasteiger partial charge on any atom is 0.339 e. The molecule has 3 rings (SSSR count). The summed E-state index contributed by atoms with van der Waals surface area (Å²) in [6.07, 6.45) is 0. The van der Waals surface area contributed by atoms with E-state index in [1.165, 1.54) is 5.32 Å². The van der Waals surface area contributed by atoms with Gasteiger partial charge in [0.15, 0.2) is 40.7 Å². The van der Waals surface area contributed by atoms with Crippen molar-refractivity contribution in [2.45, 2.75) is 6.92 Å². The number of benzene rings is 3. The van der Waals surface area contributed by atoms with Crippen molar-refractivity contribution in [3.05, 3.63) is 85.2 Å². The molecule has 0 aliphatic heterocycles. The van der Waals surface area contributed by atoms with Gasteiger partial charge in [0, 0.05) is 12.6 Å². The lowest BCUT2D eigenvalue weighted by molar-refractivity contribution is 0.0675. The zero-order valence-electron chi connectivity index (χ0n) is 20.3. The molecule has 0 atom stereocenters. The molecule has 0 spiro atoms. The van der Waals surface area contributed by atoms with Gasteiger partial charge in [0.1, 0.15) is 33.5 Å². The Bertz CT molecular complexity index is 1740. The van der Waals surface area contributed by atoms with Gasteiger partial charge < -0.3 is 20.8 Å². The molecule has 3 aromatic carbocycles. The van der Waals surface area contributed by atoms with Crippen LogP contribution in [0.4, 0.5) is 45.2 Å². The maximum atomic E-state index is 15.7. The fraction of sp³-hybridized carbons (Fsp3) is 0.0833. The van der Waals surface area contributed by atoms with Crippen LogP contribution in [0.3, 0.4) is 0 Å². The minimum atomic E-state index is -2.78. The number of nitrogens with one attached hydrogen (secondary N) is 2. The lowest BCUT2D eigenvalue weighted by atomic mass is 9.91. The van der Waals surface area contributed by atoms with Crippen molar-refractivity contribution in [2.75, 3.05) is 12.4 Å². The van der Waals surface area contributed by atoms with Gasteiger partial charge in [-0.15, -0.1) is 0 Å². The van der Waals surface area contributed by atoms with Gasteiger partial charge in [0.25, 0.3) is 11.8 Å². The van der Waals surface area contributed by atoms with Crippen molar-refractivity contribution >= 4 is 41.0 Å². The first-order valence-corrected chi connectivity index (χ1v) is 11.0. The van der Waals surface area contributed by atoms with Crippen LogP contribution in [0, 0.1) is 59.3 Å². The number of carboxylic acids is 2. The van der Waals surface area contributed by atoms with E-state index in [1.807, 2.05) is 0 Å². The van der Waals surface area contributed by atoms with E-state index in [0.29, 0.717) is 6.92 Å². The predicted octanol–water partition coefficient (Wildman–Crippen LogP) is 5.58. The Morgan fingerprint density at radius 1 is 0.571 bits per heavy atom. The number of rotatable bonds is 6. The number of halogens is 10. The average Bonchev–Trinajstić information content (AvgIpc) is 2.93. The number of aromatic carboxylic acids is 2. The van der Waals surface area contributed by atoms with Crippen molar-refractivity contribution in [2.24, 2.45) is 0 Å². The summed E-state index contributed by atoms with van der Waals surface area (Å²) in [5, 5.41) is 19.9. The van der Waals surface area contributed by atoms with Crippen molar-refractivity contribution < 1.29 is 68.9 Å². The van der Waals surface area contributed by atoms with Crippen LogP contribution in [0.15, 0.2) is 0 Å². The van der Waals surface area contributed by atoms with Crippen LogP contribution < -0.4 is 10.6 Å². The largest absolute Gasteiger partial charge is 0.478 e. The summed E-state index contributed by atoms with van der Waals surface area (Å²) in [6.45, 7) is 0.690. The van der Waals surface area contributed by atoms with Crippen molar-refractivity contribution in [1.29, 1.82) is 0 Å². The third kappa shape index (κ3) is 4.74. The molecule has 3 aromatic rings. The molecule has 0 unspecified atom stereocenters. The van der Waals surface area contributed by atoms with Crippen LogP contribution in [-0.2, 0) is 0 Å². The summed E-state index contributed by atoms with van der Waals surface area (Å²) >= 11 is 5.35. The Labute approximate surface area is 231 Å². The second-order valence-corrected chi connectivity index (χ2v) is 8.41. The molecule has 42 heavy (non-hydrogen) atoms. The number of hydrogen-bond acceptors (Lipinski definition) is 4. The number of hydrogen-bond donors (Lipinski definition) is 4. The third-order valence-corrected chi connectivity index (χ3v) is 6.05. The second kappa shape index (κ2) is 11.2. The number of amides is 2. The zero-order chi connectivity index (χ0) is 32.1. The van der Waals surface area contributed by atoms with Crippen LogP contribution in [0.1, 0.15) is 47.0 Å². The topological polar surface area (TPSA) is 133 Å². The summed E-state index contributed by atoms with van der Waals surface area (Å²) in [4.78, 5) is 48.0. The van der Waals surface area contributed by atoms with Gasteiger partial charge in [-0.1, -0.05) is 11.6 Å². The second-order valence-electron chi connectivity index (χ2n) is 8.03. The van der Waals surface area contributed by atoms with Crippen molar-refractivity contribution in [3.8, 4) is 11.1 Å². The predicted molar refractivity (Wildman–Crippen MR) is 123 cm³/mol. The SMILES string of the molecule is CNC(=O)c1c(F)c(-c2c(F)c(F)c(C(=O)O)c(C(=O)Nc3c(F)c(C)c(F)c(Cl)c3F)c2F)c(F)c(F)c1C(=O)O. The molecular formula is C24H10ClF9N2O6. The molecule has 0 saturated carbocycles. The van der Waals surface area contributed by atoms with E-state index in [0.717, 1.165) is 7.05 Å². The molecule has 0 aromatic heterocycles. The summed E-state index contributed by atoms with van der Waals surface area (Å²) < 4.78 is 133. The van der Waals surface area contributed by atoms with Crippen LogP contribution in [-0.4, -0.2) is 41.0 Å². The van der Waals surface area contributed by atoms with Gasteiger partial charge in [-0.25, -0.2) is 49.1 Å². The molecule has 0 saturated heterocycles. The molecule has 4 N–H and O–H groups in total. The van der Waals surface area contributed by atoms with Crippen LogP contribution in [0.5, 0.6) is 0 Å². The van der Waals surface area contributed by atoms with E-state index in [2.05, 4.69) is 0 Å². The molecule has 18 heteroatoms. The molecule has 0 bridgehead atoms. The summed E-state index contributed by atoms with van der Waals surface area (Å²) in [5.74, 6) is -30.8. The minimum absolute atomic E-state index is 0.690. The quantitative estimate of drug-likeness (QED) is 0.160. The van der Waals surface area contributed by atoms with Gasteiger partial charge in [0.05, 0.1) is 22.3 Å². The number of carbonyl (C=O) groups excluding carboxylic acids is 2. The van der Waals surface area contributed by atoms with E-state index < -0.39 is 126 Å². The number of carboxylic acid groups (broad SMARTS) is 2. The lowest BCUT2D eigenvalue weighted by Crippen LogP contribution is -2.26. The van der Waals surface area contributed by atoms with Gasteiger partial charge in [-0.3, -0.25) is 9.59 Å². The average molecular weight is 629 g/mol. The standard InChI is InChI=1S/C24H10ClF9N2O6/c1-3-11(26)10(25)19(34)20(12(3)27)36-22(38)7-9(24(41)42)18(33)16(31)5(14(7)29)4-13(28)6(21(37)35-2)8(23(39)40)17(32)15(4)30/h1-2H3,(H,35,37)(H,36,38)(H,39,40)(H,41,42). The minimum Gasteiger partial charge on any atom is -0.478 e. The summed E-state index contributed by atoms with van der Waals surface area (Å²) in [5.41, 5.74) is -15.6. The monoisotopic (exact) mass is 628 g/mol. The summed E-state index contributed by atoms with van der Waals surface area (Å²) in [7, 11) is 0.751. The van der Waals surface area contributed by atoms with Gasteiger partial charge in [0.2, 0.25) is 0 Å². The first-order valence-electron chi connectivity index (χ1n) is 10.7. The molecule has 222 valence electrons. The van der Waals surface area contributed by atoms with Crippen LogP contribution in [0.2, 0.25) is 5.02 Å². The first-order chi connectivity index (χ1) is 19.4. The first kappa shape index (κ1) is 31.7. The Kier molecular flexibility index (Phi) is 8.48. The highest BCUT2D eigenvalue weighted by atomic mass is 35.5. The van der Waals surface area contributed by atoms with Gasteiger partial charge in [-0.05, 0) is 6.92 Å². The maximum absolute atomic E-state index is 15.7. The molecule has 0 fully saturated rings. The smallest absolute Gasteiger partial charge is 0.339 e. The Hall–Kier alpha value is -4.80. The third-order valence-electron chi connectivity index (χ3n) is 5.72.